The minimum atomic E-state index is 0.561. The van der Waals surface area contributed by atoms with Crippen LogP contribution in [0.25, 0.3) is 0 Å². The number of nitrogens with one attached hydrogen (secondary N) is 1. The zero-order chi connectivity index (χ0) is 18.6. The van der Waals surface area contributed by atoms with E-state index in [-0.39, 0.29) is 0 Å². The predicted molar refractivity (Wildman–Crippen MR) is 113 cm³/mol. The lowest BCUT2D eigenvalue weighted by molar-refractivity contribution is 0.871. The molecule has 4 rings (SSSR count). The maximum Gasteiger partial charge on any atom is 0.229 e. The van der Waals surface area contributed by atoms with Crippen LogP contribution in [0.15, 0.2) is 29.4 Å². The fourth-order valence-corrected chi connectivity index (χ4v) is 3.88. The number of rotatable bonds is 5. The van der Waals surface area contributed by atoms with Crippen LogP contribution in [0.1, 0.15) is 31.2 Å². The van der Waals surface area contributed by atoms with Crippen LogP contribution in [0.3, 0.4) is 0 Å². The molecule has 27 heavy (non-hydrogen) atoms. The highest BCUT2D eigenvalue weighted by Gasteiger charge is 2.20. The van der Waals surface area contributed by atoms with Crippen LogP contribution in [-0.2, 0) is 0 Å². The topological polar surface area (TPSA) is 56.7 Å². The van der Waals surface area contributed by atoms with E-state index in [4.69, 9.17) is 28.2 Å². The van der Waals surface area contributed by atoms with Crippen molar-refractivity contribution in [2.75, 3.05) is 41.4 Å². The van der Waals surface area contributed by atoms with E-state index in [1.165, 1.54) is 25.7 Å². The lowest BCUT2D eigenvalue weighted by Gasteiger charge is -2.21. The van der Waals surface area contributed by atoms with Gasteiger partial charge in [-0.1, -0.05) is 29.3 Å². The van der Waals surface area contributed by atoms with Gasteiger partial charge in [0.2, 0.25) is 5.95 Å². The molecule has 0 bridgehead atoms. The second-order valence-corrected chi connectivity index (χ2v) is 7.68. The molecule has 1 N–H and O–H groups in total. The van der Waals surface area contributed by atoms with Crippen LogP contribution in [0.4, 0.5) is 17.6 Å². The van der Waals surface area contributed by atoms with Crippen molar-refractivity contribution in [3.63, 3.8) is 0 Å². The Hall–Kier alpha value is -2.05. The van der Waals surface area contributed by atoms with Gasteiger partial charge in [0.15, 0.2) is 5.82 Å². The van der Waals surface area contributed by atoms with Gasteiger partial charge >= 0.3 is 0 Å². The Labute approximate surface area is 169 Å². The van der Waals surface area contributed by atoms with Crippen LogP contribution in [0.5, 0.6) is 0 Å². The Bertz CT molecular complexity index is 795. The van der Waals surface area contributed by atoms with Crippen molar-refractivity contribution in [2.24, 2.45) is 5.10 Å². The van der Waals surface area contributed by atoms with Gasteiger partial charge in [0.05, 0.1) is 11.2 Å². The van der Waals surface area contributed by atoms with Gasteiger partial charge in [-0.25, -0.2) is 0 Å². The summed E-state index contributed by atoms with van der Waals surface area (Å²) in [5.41, 5.74) is 3.83. The minimum absolute atomic E-state index is 0.561. The third-order valence-corrected chi connectivity index (χ3v) is 5.43. The summed E-state index contributed by atoms with van der Waals surface area (Å²) in [7, 11) is 0. The summed E-state index contributed by atoms with van der Waals surface area (Å²) in [6.07, 6.45) is 6.46. The molecule has 2 saturated heterocycles. The summed E-state index contributed by atoms with van der Waals surface area (Å²) in [6, 6.07) is 7.29. The van der Waals surface area contributed by atoms with Crippen molar-refractivity contribution in [2.45, 2.75) is 25.7 Å². The Morgan fingerprint density at radius 2 is 1.63 bits per heavy atom. The molecule has 3 heterocycles. The summed E-state index contributed by atoms with van der Waals surface area (Å²) in [6.45, 7) is 4.10. The molecule has 142 valence electrons. The standard InChI is InChI=1S/C19H22Cl2N6/c20-15-6-5-14(16(21)11-15)13-22-25-17-12-18(26-7-1-2-8-26)24-19(23-17)27-9-3-4-10-27/h5-6,11-13H,1-4,7-10H2,(H,23,24,25)/b22-13+. The Morgan fingerprint density at radius 3 is 2.33 bits per heavy atom. The van der Waals surface area contributed by atoms with Crippen LogP contribution >= 0.6 is 23.2 Å². The molecule has 0 aliphatic carbocycles. The highest BCUT2D eigenvalue weighted by molar-refractivity contribution is 6.36. The third-order valence-electron chi connectivity index (χ3n) is 4.87. The molecule has 6 nitrogen and oxygen atoms in total. The molecule has 0 unspecified atom stereocenters. The van der Waals surface area contributed by atoms with Crippen molar-refractivity contribution >= 4 is 47.0 Å². The smallest absolute Gasteiger partial charge is 0.229 e. The number of hydrazone groups is 1. The summed E-state index contributed by atoms with van der Waals surface area (Å²) < 4.78 is 0. The molecule has 0 atom stereocenters. The molecule has 2 aliphatic heterocycles. The fourth-order valence-electron chi connectivity index (χ4n) is 3.42. The molecule has 1 aromatic carbocycles. The molecule has 8 heteroatoms. The van der Waals surface area contributed by atoms with Crippen LogP contribution < -0.4 is 15.2 Å². The minimum Gasteiger partial charge on any atom is -0.356 e. The van der Waals surface area contributed by atoms with Gasteiger partial charge in [0, 0.05) is 42.8 Å². The van der Waals surface area contributed by atoms with Crippen LogP contribution in [0.2, 0.25) is 10.0 Å². The third kappa shape index (κ3) is 4.45. The molecular weight excluding hydrogens is 383 g/mol. The van der Waals surface area contributed by atoms with Gasteiger partial charge in [0.25, 0.3) is 0 Å². The van der Waals surface area contributed by atoms with E-state index in [2.05, 4.69) is 25.3 Å². The van der Waals surface area contributed by atoms with Gasteiger partial charge < -0.3 is 9.80 Å². The number of hydrogen-bond donors (Lipinski definition) is 1. The average molecular weight is 405 g/mol. The lowest BCUT2D eigenvalue weighted by Crippen LogP contribution is -2.24. The number of aromatic nitrogens is 2. The monoisotopic (exact) mass is 404 g/mol. The quantitative estimate of drug-likeness (QED) is 0.589. The summed E-state index contributed by atoms with van der Waals surface area (Å²) in [4.78, 5) is 14.0. The first-order valence-corrected chi connectivity index (χ1v) is 10.1. The van der Waals surface area contributed by atoms with Crippen LogP contribution in [0, 0.1) is 0 Å². The van der Waals surface area contributed by atoms with Crippen molar-refractivity contribution in [1.82, 2.24) is 9.97 Å². The maximum absolute atomic E-state index is 6.19. The second-order valence-electron chi connectivity index (χ2n) is 6.84. The number of hydrogen-bond acceptors (Lipinski definition) is 6. The van der Waals surface area contributed by atoms with E-state index in [1.54, 1.807) is 18.3 Å². The molecule has 0 saturated carbocycles. The molecule has 1 aromatic heterocycles. The van der Waals surface area contributed by atoms with Gasteiger partial charge in [-0.2, -0.15) is 15.1 Å². The SMILES string of the molecule is Clc1ccc(/C=N/Nc2cc(N3CCCC3)nc(N3CCCC3)n2)c(Cl)c1. The Morgan fingerprint density at radius 1 is 0.926 bits per heavy atom. The molecule has 0 amide bonds. The predicted octanol–water partition coefficient (Wildman–Crippen LogP) is 4.43. The Kier molecular flexibility index (Phi) is 5.64. The number of benzene rings is 1. The lowest BCUT2D eigenvalue weighted by atomic mass is 10.2. The van der Waals surface area contributed by atoms with E-state index >= 15 is 0 Å². The highest BCUT2D eigenvalue weighted by atomic mass is 35.5. The molecule has 2 aromatic rings. The zero-order valence-corrected chi connectivity index (χ0v) is 16.5. The van der Waals surface area contributed by atoms with Gasteiger partial charge in [0.1, 0.15) is 5.82 Å². The number of anilines is 3. The summed E-state index contributed by atoms with van der Waals surface area (Å²) >= 11 is 12.1. The second kappa shape index (κ2) is 8.31. The van der Waals surface area contributed by atoms with Crippen molar-refractivity contribution < 1.29 is 0 Å². The van der Waals surface area contributed by atoms with Crippen LogP contribution in [-0.4, -0.2) is 42.4 Å². The first kappa shape index (κ1) is 18.3. The molecule has 0 radical (unpaired) electrons. The number of halogens is 2. The first-order chi connectivity index (χ1) is 13.2. The van der Waals surface area contributed by atoms with E-state index in [9.17, 15) is 0 Å². The molecule has 2 aliphatic rings. The summed E-state index contributed by atoms with van der Waals surface area (Å²) in [5, 5.41) is 5.47. The maximum atomic E-state index is 6.19. The normalized spacial score (nSPS) is 17.3. The number of nitrogens with zero attached hydrogens (tertiary/aromatic N) is 5. The van der Waals surface area contributed by atoms with E-state index in [1.807, 2.05) is 12.1 Å². The first-order valence-electron chi connectivity index (χ1n) is 9.32. The zero-order valence-electron chi connectivity index (χ0n) is 15.0. The van der Waals surface area contributed by atoms with Crippen molar-refractivity contribution in [1.29, 1.82) is 0 Å². The van der Waals surface area contributed by atoms with Gasteiger partial charge in [-0.3, -0.25) is 5.43 Å². The average Bonchev–Trinajstić information content (AvgIpc) is 3.37. The molecule has 0 spiro atoms. The fraction of sp³-hybridized carbons (Fsp3) is 0.421. The van der Waals surface area contributed by atoms with Gasteiger partial charge in [-0.15, -0.1) is 0 Å². The van der Waals surface area contributed by atoms with E-state index in [0.29, 0.717) is 15.9 Å². The van der Waals surface area contributed by atoms with Crippen molar-refractivity contribution in [3.05, 3.63) is 39.9 Å². The molecular formula is C19H22Cl2N6. The highest BCUT2D eigenvalue weighted by Crippen LogP contribution is 2.25. The summed E-state index contributed by atoms with van der Waals surface area (Å²) in [5.74, 6) is 2.43. The van der Waals surface area contributed by atoms with E-state index < -0.39 is 0 Å². The van der Waals surface area contributed by atoms with E-state index in [0.717, 1.165) is 43.5 Å². The Balaban J connectivity index is 1.55. The van der Waals surface area contributed by atoms with Crippen molar-refractivity contribution in [3.8, 4) is 0 Å². The largest absolute Gasteiger partial charge is 0.356 e. The molecule has 2 fully saturated rings. The van der Waals surface area contributed by atoms with Gasteiger partial charge in [-0.05, 0) is 37.8 Å².